The van der Waals surface area contributed by atoms with Crippen LogP contribution in [-0.2, 0) is 20.7 Å². The van der Waals surface area contributed by atoms with E-state index < -0.39 is 30.6 Å². The average molecular weight is 545 g/mol. The number of halogens is 1. The van der Waals surface area contributed by atoms with E-state index in [1.807, 2.05) is 42.5 Å². The summed E-state index contributed by atoms with van der Waals surface area (Å²) < 4.78 is 7.62. The van der Waals surface area contributed by atoms with Crippen molar-refractivity contribution >= 4 is 46.6 Å². The molecule has 1 N–H and O–H groups in total. The monoisotopic (exact) mass is 545 g/mol. The topological polar surface area (TPSA) is 55.4 Å². The first-order chi connectivity index (χ1) is 15.0. The zero-order valence-corrected chi connectivity index (χ0v) is 21.9. The summed E-state index contributed by atoms with van der Waals surface area (Å²) in [6, 6.07) is 29.8. The van der Waals surface area contributed by atoms with Gasteiger partial charge in [-0.2, -0.15) is 0 Å². The van der Waals surface area contributed by atoms with Crippen LogP contribution in [0.1, 0.15) is 19.4 Å². The van der Waals surface area contributed by atoms with E-state index in [9.17, 15) is 9.59 Å². The number of benzene rings is 3. The first-order valence-electron chi connectivity index (χ1n) is 10.2. The number of carbonyl (C=O) groups excluding carboxylic acids is 2. The third-order valence-electron chi connectivity index (χ3n) is 4.42. The molecule has 6 heteroatoms. The first kappa shape index (κ1) is 25.0. The van der Waals surface area contributed by atoms with Crippen LogP contribution < -0.4 is 12.5 Å². The van der Waals surface area contributed by atoms with Gasteiger partial charge in [-0.05, 0) is 12.5 Å². The van der Waals surface area contributed by atoms with E-state index >= 15 is 0 Å². The minimum atomic E-state index is -2.16. The van der Waals surface area contributed by atoms with Crippen LogP contribution >= 0.6 is 8.92 Å². The fourth-order valence-electron chi connectivity index (χ4n) is 2.97. The molecule has 0 radical (unpaired) electrons. The zero-order valence-electron chi connectivity index (χ0n) is 17.8. The SMILES string of the molecule is CCOC(=O)C(Cc1ccccc1)NC(C)=O.[Cl][SnH]([c]1ccccc1)[c]1ccccc1. The Morgan fingerprint density at radius 1 is 0.871 bits per heavy atom. The second kappa shape index (κ2) is 13.9. The molecule has 31 heavy (non-hydrogen) atoms. The standard InChI is InChI=1S/C13H17NO3.2C6H5.ClH.Sn.H/c1-3-17-13(16)12(14-10(2)15)9-11-7-5-4-6-8-11;2*1-2-4-6-5-3-1;;;/h4-8,12H,3,9H2,1-2H3,(H,14,15);2*1-5H;1H;;/q;;;;+1;/p-1. The van der Waals surface area contributed by atoms with Crippen molar-refractivity contribution in [3.63, 3.8) is 0 Å². The Morgan fingerprint density at radius 3 is 1.74 bits per heavy atom. The second-order valence-corrected chi connectivity index (χ2v) is 15.7. The van der Waals surface area contributed by atoms with Crippen molar-refractivity contribution in [2.24, 2.45) is 0 Å². The van der Waals surface area contributed by atoms with Crippen molar-refractivity contribution in [3.05, 3.63) is 96.6 Å². The zero-order chi connectivity index (χ0) is 22.5. The molecule has 1 atom stereocenters. The van der Waals surface area contributed by atoms with Gasteiger partial charge in [-0.3, -0.25) is 4.79 Å². The maximum absolute atomic E-state index is 11.6. The first-order valence-corrected chi connectivity index (χ1v) is 17.7. The predicted molar refractivity (Wildman–Crippen MR) is 130 cm³/mol. The third-order valence-corrected chi connectivity index (χ3v) is 13.3. The summed E-state index contributed by atoms with van der Waals surface area (Å²) in [7, 11) is 6.54. The molecule has 3 aromatic rings. The quantitative estimate of drug-likeness (QED) is 0.368. The van der Waals surface area contributed by atoms with E-state index in [1.165, 1.54) is 14.1 Å². The van der Waals surface area contributed by atoms with E-state index in [-0.39, 0.29) is 5.91 Å². The van der Waals surface area contributed by atoms with Gasteiger partial charge < -0.3 is 10.1 Å². The number of hydrogen-bond donors (Lipinski definition) is 1. The molecule has 0 aliphatic rings. The molecule has 0 bridgehead atoms. The Kier molecular flexibility index (Phi) is 11.2. The van der Waals surface area contributed by atoms with Crippen LogP contribution in [0, 0.1) is 0 Å². The number of rotatable bonds is 7. The summed E-state index contributed by atoms with van der Waals surface area (Å²) in [5.41, 5.74) is 0.985. The Labute approximate surface area is 195 Å². The van der Waals surface area contributed by atoms with Crippen LogP contribution in [0.3, 0.4) is 0 Å². The normalized spacial score (nSPS) is 11.1. The molecule has 0 saturated carbocycles. The van der Waals surface area contributed by atoms with Gasteiger partial charge in [0.1, 0.15) is 6.04 Å². The molecule has 1 unspecified atom stereocenters. The third kappa shape index (κ3) is 9.15. The molecule has 0 aliphatic heterocycles. The molecule has 162 valence electrons. The van der Waals surface area contributed by atoms with Crippen molar-refractivity contribution in [1.29, 1.82) is 0 Å². The maximum atomic E-state index is 11.6. The van der Waals surface area contributed by atoms with E-state index in [1.54, 1.807) is 6.92 Å². The number of amides is 1. The Balaban J connectivity index is 0.000000224. The fraction of sp³-hybridized carbons (Fsp3) is 0.200. The Morgan fingerprint density at radius 2 is 1.32 bits per heavy atom. The number of ether oxygens (including phenoxy) is 1. The summed E-state index contributed by atoms with van der Waals surface area (Å²) >= 11 is -2.16. The number of nitrogens with one attached hydrogen (secondary N) is 1. The van der Waals surface area contributed by atoms with Crippen molar-refractivity contribution < 1.29 is 14.3 Å². The van der Waals surface area contributed by atoms with Crippen LogP contribution in [0.2, 0.25) is 0 Å². The summed E-state index contributed by atoms with van der Waals surface area (Å²) in [6.45, 7) is 3.44. The summed E-state index contributed by atoms with van der Waals surface area (Å²) in [5, 5.41) is 2.60. The molecule has 0 heterocycles. The van der Waals surface area contributed by atoms with Gasteiger partial charge in [-0.1, -0.05) is 30.3 Å². The fourth-order valence-corrected chi connectivity index (χ4v) is 9.22. The van der Waals surface area contributed by atoms with Crippen LogP contribution in [-0.4, -0.2) is 43.2 Å². The molecule has 0 spiro atoms. The summed E-state index contributed by atoms with van der Waals surface area (Å²) in [5.74, 6) is -0.634. The van der Waals surface area contributed by atoms with Crippen LogP contribution in [0.5, 0.6) is 0 Å². The second-order valence-electron chi connectivity index (χ2n) is 6.88. The molecule has 0 aliphatic carbocycles. The van der Waals surface area contributed by atoms with Gasteiger partial charge in [-0.15, -0.1) is 0 Å². The van der Waals surface area contributed by atoms with Gasteiger partial charge >= 0.3 is 101 Å². The molecule has 3 aromatic carbocycles. The van der Waals surface area contributed by atoms with Crippen LogP contribution in [0.25, 0.3) is 0 Å². The minimum absolute atomic E-state index is 0.237. The Bertz CT molecular complexity index is 884. The average Bonchev–Trinajstić information content (AvgIpc) is 2.80. The van der Waals surface area contributed by atoms with Gasteiger partial charge in [0.25, 0.3) is 0 Å². The number of carbonyl (C=O) groups is 2. The van der Waals surface area contributed by atoms with Crippen molar-refractivity contribution in [2.45, 2.75) is 26.3 Å². The van der Waals surface area contributed by atoms with E-state index in [0.29, 0.717) is 13.0 Å². The molecule has 0 aromatic heterocycles. The summed E-state index contributed by atoms with van der Waals surface area (Å²) in [4.78, 5) is 22.7. The van der Waals surface area contributed by atoms with Gasteiger partial charge in [-0.25, -0.2) is 4.79 Å². The van der Waals surface area contributed by atoms with Crippen LogP contribution in [0.15, 0.2) is 91.0 Å². The van der Waals surface area contributed by atoms with Crippen molar-refractivity contribution in [2.75, 3.05) is 6.61 Å². The van der Waals surface area contributed by atoms with E-state index in [4.69, 9.17) is 13.7 Å². The number of hydrogen-bond acceptors (Lipinski definition) is 3. The molecule has 4 nitrogen and oxygen atoms in total. The molecular weight excluding hydrogens is 516 g/mol. The van der Waals surface area contributed by atoms with E-state index in [2.05, 4.69) is 53.8 Å². The predicted octanol–water partition coefficient (Wildman–Crippen LogP) is 3.06. The van der Waals surface area contributed by atoms with Crippen molar-refractivity contribution in [3.8, 4) is 0 Å². The van der Waals surface area contributed by atoms with Gasteiger partial charge in [0, 0.05) is 13.3 Å². The van der Waals surface area contributed by atoms with Crippen LogP contribution in [0.4, 0.5) is 0 Å². The van der Waals surface area contributed by atoms with Gasteiger partial charge in [0.15, 0.2) is 0 Å². The van der Waals surface area contributed by atoms with Crippen molar-refractivity contribution in [1.82, 2.24) is 5.32 Å². The molecule has 1 amide bonds. The van der Waals surface area contributed by atoms with Gasteiger partial charge in [0.05, 0.1) is 6.61 Å². The molecular formula is C25H28ClNO3Sn. The molecule has 0 saturated heterocycles. The van der Waals surface area contributed by atoms with E-state index in [0.717, 1.165) is 5.56 Å². The van der Waals surface area contributed by atoms with Gasteiger partial charge in [0.2, 0.25) is 5.91 Å². The summed E-state index contributed by atoms with van der Waals surface area (Å²) in [6.07, 6.45) is 0.444. The molecule has 0 fully saturated rings. The molecule has 3 rings (SSSR count). The Hall–Kier alpha value is -2.31. The number of esters is 1.